The minimum absolute atomic E-state index is 0.0233. The molecule has 1 saturated carbocycles. The summed E-state index contributed by atoms with van der Waals surface area (Å²) >= 11 is 1.22. The van der Waals surface area contributed by atoms with Crippen LogP contribution in [0.2, 0.25) is 0 Å². The topological polar surface area (TPSA) is 54.1 Å². The smallest absolute Gasteiger partial charge is 0.304 e. The molecular weight excluding hydrogens is 224 g/mol. The number of hydrogen-bond donors (Lipinski definition) is 2. The third-order valence-electron chi connectivity index (χ3n) is 3.11. The van der Waals surface area contributed by atoms with Crippen LogP contribution in [-0.2, 0) is 11.3 Å². The van der Waals surface area contributed by atoms with Gasteiger partial charge in [-0.25, -0.2) is 0 Å². The number of thiazole rings is 1. The predicted octanol–water partition coefficient (Wildman–Crippen LogP) is 1.48. The Morgan fingerprint density at radius 3 is 3.19 bits per heavy atom. The first kappa shape index (κ1) is 11.8. The molecule has 1 aromatic heterocycles. The van der Waals surface area contributed by atoms with Gasteiger partial charge in [0, 0.05) is 30.8 Å². The van der Waals surface area contributed by atoms with Crippen LogP contribution in [0.25, 0.3) is 0 Å². The van der Waals surface area contributed by atoms with E-state index in [1.807, 2.05) is 5.38 Å². The summed E-state index contributed by atoms with van der Waals surface area (Å²) < 4.78 is 5.38. The van der Waals surface area contributed by atoms with Crippen LogP contribution in [0.5, 0.6) is 0 Å². The molecule has 1 aliphatic rings. The van der Waals surface area contributed by atoms with E-state index in [1.54, 1.807) is 7.11 Å². The first-order valence-corrected chi connectivity index (χ1v) is 6.59. The van der Waals surface area contributed by atoms with E-state index in [4.69, 9.17) is 4.74 Å². The highest BCUT2D eigenvalue weighted by Gasteiger charge is 2.21. The van der Waals surface area contributed by atoms with E-state index in [9.17, 15) is 4.79 Å². The first-order chi connectivity index (χ1) is 7.78. The summed E-state index contributed by atoms with van der Waals surface area (Å²) in [5.41, 5.74) is 0.981. The van der Waals surface area contributed by atoms with Crippen LogP contribution >= 0.6 is 11.3 Å². The maximum Gasteiger partial charge on any atom is 0.304 e. The van der Waals surface area contributed by atoms with Crippen molar-refractivity contribution in [1.82, 2.24) is 10.3 Å². The quantitative estimate of drug-likeness (QED) is 0.841. The fourth-order valence-corrected chi connectivity index (χ4v) is 2.78. The average molecular weight is 242 g/mol. The van der Waals surface area contributed by atoms with E-state index in [0.717, 1.165) is 18.7 Å². The maximum absolute atomic E-state index is 11.0. The molecule has 0 aliphatic heterocycles. The lowest BCUT2D eigenvalue weighted by molar-refractivity contribution is 0.0586. The fourth-order valence-electron chi connectivity index (χ4n) is 2.20. The number of aromatic nitrogens is 1. The highest BCUT2D eigenvalue weighted by molar-refractivity contribution is 7.07. The van der Waals surface area contributed by atoms with Gasteiger partial charge >= 0.3 is 4.87 Å². The van der Waals surface area contributed by atoms with Crippen LogP contribution in [0.1, 0.15) is 31.4 Å². The van der Waals surface area contributed by atoms with Crippen LogP contribution in [0, 0.1) is 0 Å². The molecule has 90 valence electrons. The van der Waals surface area contributed by atoms with Gasteiger partial charge in [-0.15, -0.1) is 0 Å². The Morgan fingerprint density at radius 1 is 1.62 bits per heavy atom. The Kier molecular flexibility index (Phi) is 4.15. The van der Waals surface area contributed by atoms with Crippen molar-refractivity contribution in [3.63, 3.8) is 0 Å². The van der Waals surface area contributed by atoms with Gasteiger partial charge in [0.15, 0.2) is 0 Å². The number of aromatic amines is 1. The Labute approximate surface area is 99.0 Å². The van der Waals surface area contributed by atoms with E-state index < -0.39 is 0 Å². The number of H-pyrrole nitrogens is 1. The van der Waals surface area contributed by atoms with Gasteiger partial charge < -0.3 is 15.0 Å². The molecule has 0 bridgehead atoms. The van der Waals surface area contributed by atoms with Gasteiger partial charge in [0.2, 0.25) is 0 Å². The van der Waals surface area contributed by atoms with Crippen molar-refractivity contribution in [1.29, 1.82) is 0 Å². The first-order valence-electron chi connectivity index (χ1n) is 5.71. The van der Waals surface area contributed by atoms with Gasteiger partial charge in [-0.2, -0.15) is 0 Å². The van der Waals surface area contributed by atoms with Crippen LogP contribution in [-0.4, -0.2) is 24.2 Å². The number of ether oxygens (including phenoxy) is 1. The molecular formula is C11H18N2O2S. The van der Waals surface area contributed by atoms with Crippen molar-refractivity contribution in [2.75, 3.05) is 7.11 Å². The van der Waals surface area contributed by atoms with Crippen molar-refractivity contribution in [2.45, 2.75) is 44.4 Å². The van der Waals surface area contributed by atoms with Gasteiger partial charge in [0.25, 0.3) is 0 Å². The molecule has 1 aliphatic carbocycles. The van der Waals surface area contributed by atoms with Gasteiger partial charge in [-0.05, 0) is 25.7 Å². The molecule has 2 atom stereocenters. The summed E-state index contributed by atoms with van der Waals surface area (Å²) in [5, 5.41) is 5.35. The molecule has 0 amide bonds. The normalized spacial score (nSPS) is 25.8. The molecule has 1 aromatic rings. The second-order valence-corrected chi connectivity index (χ2v) is 5.12. The highest BCUT2D eigenvalue weighted by Crippen LogP contribution is 2.20. The fraction of sp³-hybridized carbons (Fsp3) is 0.727. The second kappa shape index (κ2) is 5.61. The van der Waals surface area contributed by atoms with Gasteiger partial charge in [0.1, 0.15) is 0 Å². The number of rotatable bonds is 4. The number of methoxy groups -OCH3 is 1. The van der Waals surface area contributed by atoms with Crippen molar-refractivity contribution in [2.24, 2.45) is 0 Å². The summed E-state index contributed by atoms with van der Waals surface area (Å²) in [6, 6.07) is 0.516. The molecule has 0 saturated heterocycles. The molecule has 1 heterocycles. The molecule has 2 N–H and O–H groups in total. The Bertz CT molecular complexity index is 374. The van der Waals surface area contributed by atoms with E-state index >= 15 is 0 Å². The summed E-state index contributed by atoms with van der Waals surface area (Å²) in [6.45, 7) is 0.750. The van der Waals surface area contributed by atoms with Crippen LogP contribution in [0.4, 0.5) is 0 Å². The Morgan fingerprint density at radius 2 is 2.50 bits per heavy atom. The van der Waals surface area contributed by atoms with E-state index in [-0.39, 0.29) is 4.87 Å². The van der Waals surface area contributed by atoms with Crippen molar-refractivity contribution in [3.8, 4) is 0 Å². The maximum atomic E-state index is 11.0. The average Bonchev–Trinajstić information content (AvgIpc) is 2.73. The summed E-state index contributed by atoms with van der Waals surface area (Å²) in [7, 11) is 1.78. The van der Waals surface area contributed by atoms with Gasteiger partial charge in [-0.3, -0.25) is 4.79 Å². The van der Waals surface area contributed by atoms with Crippen LogP contribution < -0.4 is 10.2 Å². The monoisotopic (exact) mass is 242 g/mol. The molecule has 0 radical (unpaired) electrons. The standard InChI is InChI=1S/C11H18N2O2S/c1-15-10-4-2-3-8(5-10)12-6-9-7-16-11(14)13-9/h7-8,10,12H,2-6H2,1H3,(H,13,14). The molecule has 2 rings (SSSR count). The number of hydrogen-bond acceptors (Lipinski definition) is 4. The van der Waals surface area contributed by atoms with E-state index in [1.165, 1.54) is 30.6 Å². The highest BCUT2D eigenvalue weighted by atomic mass is 32.1. The molecule has 5 heteroatoms. The molecule has 4 nitrogen and oxygen atoms in total. The molecule has 16 heavy (non-hydrogen) atoms. The molecule has 2 unspecified atom stereocenters. The lowest BCUT2D eigenvalue weighted by atomic mass is 9.93. The summed E-state index contributed by atoms with van der Waals surface area (Å²) in [6.07, 6.45) is 5.06. The third kappa shape index (κ3) is 3.17. The van der Waals surface area contributed by atoms with Crippen molar-refractivity contribution < 1.29 is 4.74 Å². The predicted molar refractivity (Wildman–Crippen MR) is 64.8 cm³/mol. The minimum atomic E-state index is 0.0233. The van der Waals surface area contributed by atoms with Gasteiger partial charge in [-0.1, -0.05) is 11.3 Å². The lowest BCUT2D eigenvalue weighted by Crippen LogP contribution is -2.36. The second-order valence-electron chi connectivity index (χ2n) is 4.28. The largest absolute Gasteiger partial charge is 0.381 e. The molecule has 0 aromatic carbocycles. The third-order valence-corrected chi connectivity index (χ3v) is 3.83. The van der Waals surface area contributed by atoms with Gasteiger partial charge in [0.05, 0.1) is 6.10 Å². The van der Waals surface area contributed by atoms with Crippen molar-refractivity contribution >= 4 is 11.3 Å². The summed E-state index contributed by atoms with van der Waals surface area (Å²) in [4.78, 5) is 13.8. The Hall–Kier alpha value is -0.650. The molecule has 1 fully saturated rings. The number of nitrogens with one attached hydrogen (secondary N) is 2. The summed E-state index contributed by atoms with van der Waals surface area (Å²) in [5.74, 6) is 0. The lowest BCUT2D eigenvalue weighted by Gasteiger charge is -2.28. The van der Waals surface area contributed by atoms with Crippen molar-refractivity contribution in [3.05, 3.63) is 20.7 Å². The van der Waals surface area contributed by atoms with E-state index in [2.05, 4.69) is 10.3 Å². The van der Waals surface area contributed by atoms with Crippen LogP contribution in [0.3, 0.4) is 0 Å². The Balaban J connectivity index is 1.79. The SMILES string of the molecule is COC1CCCC(NCc2csc(=O)[nH]2)C1. The zero-order valence-corrected chi connectivity index (χ0v) is 10.3. The van der Waals surface area contributed by atoms with E-state index in [0.29, 0.717) is 12.1 Å². The minimum Gasteiger partial charge on any atom is -0.381 e. The zero-order chi connectivity index (χ0) is 11.4. The zero-order valence-electron chi connectivity index (χ0n) is 9.49. The van der Waals surface area contributed by atoms with Crippen LogP contribution in [0.15, 0.2) is 10.2 Å². The molecule has 0 spiro atoms.